The lowest BCUT2D eigenvalue weighted by atomic mass is 9.88. The van der Waals surface area contributed by atoms with Gasteiger partial charge in [0, 0.05) is 12.4 Å². The maximum Gasteiger partial charge on any atom is 0.119 e. The zero-order valence-electron chi connectivity index (χ0n) is 10.5. The van der Waals surface area contributed by atoms with Crippen molar-refractivity contribution in [2.24, 2.45) is 5.41 Å². The first-order chi connectivity index (χ1) is 9.31. The summed E-state index contributed by atoms with van der Waals surface area (Å²) in [7, 11) is 0. The van der Waals surface area contributed by atoms with Crippen molar-refractivity contribution < 1.29 is 14.6 Å². The Morgan fingerprint density at radius 3 is 2.63 bits per heavy atom. The lowest BCUT2D eigenvalue weighted by Gasteiger charge is -2.39. The van der Waals surface area contributed by atoms with Crippen molar-refractivity contribution in [2.75, 3.05) is 26.4 Å². The Labute approximate surface area is 111 Å². The number of nitrogens with zero attached hydrogens (tertiary/aromatic N) is 2. The molecule has 0 aliphatic carbocycles. The highest BCUT2D eigenvalue weighted by Crippen LogP contribution is 2.28. The number of hydrogen-bond acceptors (Lipinski definition) is 4. The molecule has 1 aliphatic rings. The van der Waals surface area contributed by atoms with Gasteiger partial charge in [-0.25, -0.2) is 4.68 Å². The van der Waals surface area contributed by atoms with Crippen molar-refractivity contribution in [1.82, 2.24) is 9.78 Å². The molecule has 1 aromatic carbocycles. The average molecular weight is 260 g/mol. The van der Waals surface area contributed by atoms with Crippen molar-refractivity contribution in [3.05, 3.63) is 42.7 Å². The molecule has 0 spiro atoms. The van der Waals surface area contributed by atoms with E-state index in [2.05, 4.69) is 5.10 Å². The lowest BCUT2D eigenvalue weighted by molar-refractivity contribution is -0.153. The number of benzene rings is 1. The predicted molar refractivity (Wildman–Crippen MR) is 69.4 cm³/mol. The molecule has 2 heterocycles. The Morgan fingerprint density at radius 1 is 1.32 bits per heavy atom. The first-order valence-corrected chi connectivity index (χ1v) is 6.23. The molecule has 0 bridgehead atoms. The summed E-state index contributed by atoms with van der Waals surface area (Å²) in [6.07, 6.45) is 3.63. The molecule has 100 valence electrons. The van der Waals surface area contributed by atoms with E-state index in [4.69, 9.17) is 9.47 Å². The SMILES string of the molecule is OCC1(COc2ccc(-n3cccn3)cc2)COC1. The van der Waals surface area contributed by atoms with E-state index in [0.29, 0.717) is 19.8 Å². The Hall–Kier alpha value is -1.85. The normalized spacial score (nSPS) is 16.9. The number of hydrogen-bond donors (Lipinski definition) is 1. The third kappa shape index (κ3) is 2.47. The van der Waals surface area contributed by atoms with Gasteiger partial charge in [0.2, 0.25) is 0 Å². The highest BCUT2D eigenvalue weighted by molar-refractivity contribution is 5.36. The van der Waals surface area contributed by atoms with E-state index in [1.54, 1.807) is 10.9 Å². The molecule has 0 radical (unpaired) electrons. The molecule has 2 aromatic rings. The van der Waals surface area contributed by atoms with Gasteiger partial charge in [0.25, 0.3) is 0 Å². The second-order valence-electron chi connectivity index (χ2n) is 4.88. The van der Waals surface area contributed by atoms with Crippen LogP contribution in [-0.4, -0.2) is 41.3 Å². The lowest BCUT2D eigenvalue weighted by Crippen LogP contribution is -2.49. The minimum absolute atomic E-state index is 0.0956. The van der Waals surface area contributed by atoms with E-state index in [1.807, 2.05) is 36.5 Å². The molecule has 0 atom stereocenters. The van der Waals surface area contributed by atoms with Crippen molar-refractivity contribution >= 4 is 0 Å². The Kier molecular flexibility index (Phi) is 3.23. The van der Waals surface area contributed by atoms with Crippen LogP contribution in [0.5, 0.6) is 5.75 Å². The van der Waals surface area contributed by atoms with Crippen LogP contribution in [0.25, 0.3) is 5.69 Å². The minimum Gasteiger partial charge on any atom is -0.493 e. The number of aromatic nitrogens is 2. The first-order valence-electron chi connectivity index (χ1n) is 6.23. The largest absolute Gasteiger partial charge is 0.493 e. The van der Waals surface area contributed by atoms with Crippen LogP contribution >= 0.6 is 0 Å². The quantitative estimate of drug-likeness (QED) is 0.879. The maximum absolute atomic E-state index is 9.31. The number of rotatable bonds is 5. The molecular weight excluding hydrogens is 244 g/mol. The zero-order valence-corrected chi connectivity index (χ0v) is 10.5. The summed E-state index contributed by atoms with van der Waals surface area (Å²) in [5.74, 6) is 0.788. The fourth-order valence-electron chi connectivity index (χ4n) is 1.96. The van der Waals surface area contributed by atoms with Gasteiger partial charge in [-0.2, -0.15) is 5.10 Å². The van der Waals surface area contributed by atoms with Gasteiger partial charge in [0.05, 0.1) is 30.9 Å². The second-order valence-corrected chi connectivity index (χ2v) is 4.88. The van der Waals surface area contributed by atoms with Crippen LogP contribution in [0.15, 0.2) is 42.7 Å². The maximum atomic E-state index is 9.31. The monoisotopic (exact) mass is 260 g/mol. The number of aliphatic hydroxyl groups excluding tert-OH is 1. The molecule has 0 amide bonds. The summed E-state index contributed by atoms with van der Waals surface area (Å²) < 4.78 is 12.6. The highest BCUT2D eigenvalue weighted by Gasteiger charge is 2.39. The molecule has 1 aliphatic heterocycles. The average Bonchev–Trinajstić information content (AvgIpc) is 2.93. The van der Waals surface area contributed by atoms with Crippen LogP contribution in [0.4, 0.5) is 0 Å². The molecule has 19 heavy (non-hydrogen) atoms. The third-order valence-corrected chi connectivity index (χ3v) is 3.30. The molecule has 0 saturated carbocycles. The van der Waals surface area contributed by atoms with Crippen molar-refractivity contribution in [1.29, 1.82) is 0 Å². The van der Waals surface area contributed by atoms with Gasteiger partial charge in [-0.15, -0.1) is 0 Å². The molecule has 3 rings (SSSR count). The van der Waals surface area contributed by atoms with E-state index >= 15 is 0 Å². The van der Waals surface area contributed by atoms with Crippen LogP contribution in [-0.2, 0) is 4.74 Å². The number of ether oxygens (including phenoxy) is 2. The number of aliphatic hydroxyl groups is 1. The fourth-order valence-corrected chi connectivity index (χ4v) is 1.96. The van der Waals surface area contributed by atoms with Crippen LogP contribution < -0.4 is 4.74 Å². The van der Waals surface area contributed by atoms with Crippen LogP contribution in [0.1, 0.15) is 0 Å². The van der Waals surface area contributed by atoms with Gasteiger partial charge in [-0.05, 0) is 30.3 Å². The fraction of sp³-hybridized carbons (Fsp3) is 0.357. The van der Waals surface area contributed by atoms with E-state index in [-0.39, 0.29) is 12.0 Å². The summed E-state index contributed by atoms with van der Waals surface area (Å²) in [4.78, 5) is 0. The molecule has 1 N–H and O–H groups in total. The van der Waals surface area contributed by atoms with Gasteiger partial charge in [0.15, 0.2) is 0 Å². The van der Waals surface area contributed by atoms with E-state index in [9.17, 15) is 5.11 Å². The van der Waals surface area contributed by atoms with Crippen molar-refractivity contribution in [3.8, 4) is 11.4 Å². The van der Waals surface area contributed by atoms with Gasteiger partial charge >= 0.3 is 0 Å². The Balaban J connectivity index is 1.63. The molecule has 0 unspecified atom stereocenters. The Morgan fingerprint density at radius 2 is 2.11 bits per heavy atom. The second kappa shape index (κ2) is 5.03. The molecule has 1 saturated heterocycles. The standard InChI is InChI=1S/C14H16N2O3/c17-8-14(9-18-10-14)11-19-13-4-2-12(3-5-13)16-7-1-6-15-16/h1-7,17H,8-11H2. The van der Waals surface area contributed by atoms with Crippen molar-refractivity contribution in [3.63, 3.8) is 0 Å². The van der Waals surface area contributed by atoms with Crippen molar-refractivity contribution in [2.45, 2.75) is 0 Å². The first kappa shape index (κ1) is 12.2. The van der Waals surface area contributed by atoms with Gasteiger partial charge in [0.1, 0.15) is 12.4 Å². The van der Waals surface area contributed by atoms with Gasteiger partial charge in [-0.3, -0.25) is 0 Å². The molecule has 1 fully saturated rings. The predicted octanol–water partition coefficient (Wildman–Crippen LogP) is 1.26. The minimum atomic E-state index is -0.222. The summed E-state index contributed by atoms with van der Waals surface area (Å²) in [5, 5.41) is 13.5. The van der Waals surface area contributed by atoms with Gasteiger partial charge in [-0.1, -0.05) is 0 Å². The van der Waals surface area contributed by atoms with Crippen LogP contribution in [0, 0.1) is 5.41 Å². The van der Waals surface area contributed by atoms with Crippen LogP contribution in [0.2, 0.25) is 0 Å². The summed E-state index contributed by atoms with van der Waals surface area (Å²) >= 11 is 0. The smallest absolute Gasteiger partial charge is 0.119 e. The molecule has 1 aromatic heterocycles. The molecular formula is C14H16N2O3. The summed E-state index contributed by atoms with van der Waals surface area (Å²) in [6.45, 7) is 1.70. The molecule has 5 heteroatoms. The van der Waals surface area contributed by atoms with E-state index in [0.717, 1.165) is 11.4 Å². The van der Waals surface area contributed by atoms with Gasteiger partial charge < -0.3 is 14.6 Å². The third-order valence-electron chi connectivity index (χ3n) is 3.30. The topological polar surface area (TPSA) is 56.5 Å². The summed E-state index contributed by atoms with van der Waals surface area (Å²) in [6, 6.07) is 9.59. The van der Waals surface area contributed by atoms with Crippen LogP contribution in [0.3, 0.4) is 0 Å². The van der Waals surface area contributed by atoms with E-state index < -0.39 is 0 Å². The Bertz CT molecular complexity index is 513. The van der Waals surface area contributed by atoms with E-state index in [1.165, 1.54) is 0 Å². The zero-order chi connectivity index (χ0) is 13.1. The summed E-state index contributed by atoms with van der Waals surface area (Å²) in [5.41, 5.74) is 0.766. The molecule has 5 nitrogen and oxygen atoms in total. The highest BCUT2D eigenvalue weighted by atomic mass is 16.5.